The Morgan fingerprint density at radius 1 is 0.212 bits per heavy atom. The largest absolute Gasteiger partial charge is 0.310 e. The fourth-order valence-corrected chi connectivity index (χ4v) is 10.4. The molecular formula is C65H45N. The van der Waals surface area contributed by atoms with Gasteiger partial charge in [-0.05, 0) is 148 Å². The standard InChI is InChI=1S/C65H45N/c1-44-20-16-24-47(40-44)62-54-32-8-10-34-56(54)63(57-35-11-9-33-55(57)62)48-25-17-26-49(41-48)64-58-36-12-14-38-60(58)65(61-39-15-13-37-59(61)64)50-27-19-31-53(43-50)66(51-28-6-3-7-29-51)52-30-18-23-46(42-52)45-21-4-2-5-22-45/h2-43H,1H3. The van der Waals surface area contributed by atoms with Crippen LogP contribution in [0, 0.1) is 6.92 Å². The molecule has 0 aliphatic heterocycles. The zero-order valence-electron chi connectivity index (χ0n) is 36.7. The highest BCUT2D eigenvalue weighted by Gasteiger charge is 2.21. The number of anilines is 3. The molecule has 0 N–H and O–H groups in total. The van der Waals surface area contributed by atoms with Gasteiger partial charge in [-0.1, -0.05) is 218 Å². The molecule has 12 aromatic carbocycles. The summed E-state index contributed by atoms with van der Waals surface area (Å²) in [6, 6.07) is 93.4. The second-order valence-corrected chi connectivity index (χ2v) is 17.3. The van der Waals surface area contributed by atoms with Gasteiger partial charge in [0.15, 0.2) is 0 Å². The first-order valence-electron chi connectivity index (χ1n) is 22.8. The van der Waals surface area contributed by atoms with E-state index in [2.05, 4.69) is 267 Å². The fourth-order valence-electron chi connectivity index (χ4n) is 10.4. The second-order valence-electron chi connectivity index (χ2n) is 17.3. The second kappa shape index (κ2) is 16.6. The van der Waals surface area contributed by atoms with E-state index in [9.17, 15) is 0 Å². The normalized spacial score (nSPS) is 11.4. The summed E-state index contributed by atoms with van der Waals surface area (Å²) in [4.78, 5) is 2.38. The molecule has 0 saturated carbocycles. The van der Waals surface area contributed by atoms with E-state index < -0.39 is 0 Å². The van der Waals surface area contributed by atoms with Gasteiger partial charge >= 0.3 is 0 Å². The highest BCUT2D eigenvalue weighted by atomic mass is 15.1. The Morgan fingerprint density at radius 2 is 0.500 bits per heavy atom. The quantitative estimate of drug-likeness (QED) is 0.138. The van der Waals surface area contributed by atoms with E-state index in [1.165, 1.54) is 104 Å². The summed E-state index contributed by atoms with van der Waals surface area (Å²) in [7, 11) is 0. The van der Waals surface area contributed by atoms with Crippen LogP contribution in [-0.2, 0) is 0 Å². The summed E-state index contributed by atoms with van der Waals surface area (Å²) >= 11 is 0. The SMILES string of the molecule is Cc1cccc(-c2c3ccccc3c(-c3cccc(-c4c5ccccc5c(-c5cccc(N(c6ccccc6)c6cccc(-c7ccccc7)c6)c5)c5ccccc45)c3)c3ccccc23)c1. The minimum Gasteiger partial charge on any atom is -0.310 e. The Hall–Kier alpha value is -8.52. The summed E-state index contributed by atoms with van der Waals surface area (Å²) in [5.41, 5.74) is 16.8. The molecule has 0 fully saturated rings. The zero-order valence-corrected chi connectivity index (χ0v) is 36.7. The van der Waals surface area contributed by atoms with Gasteiger partial charge in [0, 0.05) is 17.1 Å². The molecule has 0 heterocycles. The summed E-state index contributed by atoms with van der Waals surface area (Å²) in [5, 5.41) is 9.95. The lowest BCUT2D eigenvalue weighted by Crippen LogP contribution is -2.10. The van der Waals surface area contributed by atoms with Crippen molar-refractivity contribution in [2.45, 2.75) is 6.92 Å². The maximum atomic E-state index is 2.43. The minimum atomic E-state index is 1.10. The van der Waals surface area contributed by atoms with Crippen LogP contribution in [0.1, 0.15) is 5.56 Å². The van der Waals surface area contributed by atoms with Gasteiger partial charge in [0.25, 0.3) is 0 Å². The predicted octanol–water partition coefficient (Wildman–Crippen LogP) is 18.4. The van der Waals surface area contributed by atoms with E-state index in [4.69, 9.17) is 0 Å². The summed E-state index contributed by atoms with van der Waals surface area (Å²) in [6.45, 7) is 2.18. The molecule has 12 aromatic rings. The third-order valence-corrected chi connectivity index (χ3v) is 13.2. The number of fused-ring (bicyclic) bond motifs is 4. The molecule has 0 bridgehead atoms. The summed E-state index contributed by atoms with van der Waals surface area (Å²) < 4.78 is 0. The van der Waals surface area contributed by atoms with Crippen molar-refractivity contribution in [1.29, 1.82) is 0 Å². The molecule has 1 heteroatoms. The Labute approximate surface area is 386 Å². The number of rotatable bonds is 8. The first kappa shape index (κ1) is 39.1. The number of hydrogen-bond acceptors (Lipinski definition) is 1. The average molecular weight is 840 g/mol. The molecule has 0 amide bonds. The lowest BCUT2D eigenvalue weighted by atomic mass is 9.83. The molecule has 0 saturated heterocycles. The maximum absolute atomic E-state index is 2.43. The Bertz CT molecular complexity index is 3660. The van der Waals surface area contributed by atoms with Crippen LogP contribution >= 0.6 is 0 Å². The fraction of sp³-hybridized carbons (Fsp3) is 0.0154. The van der Waals surface area contributed by atoms with Crippen molar-refractivity contribution in [1.82, 2.24) is 0 Å². The van der Waals surface area contributed by atoms with Gasteiger partial charge in [-0.25, -0.2) is 0 Å². The van der Waals surface area contributed by atoms with Gasteiger partial charge < -0.3 is 4.90 Å². The molecule has 0 atom stereocenters. The highest BCUT2D eigenvalue weighted by molar-refractivity contribution is 6.23. The molecule has 310 valence electrons. The predicted molar refractivity (Wildman–Crippen MR) is 283 cm³/mol. The van der Waals surface area contributed by atoms with Crippen molar-refractivity contribution in [3.8, 4) is 55.6 Å². The number of para-hydroxylation sites is 1. The number of nitrogens with zero attached hydrogens (tertiary/aromatic N) is 1. The van der Waals surface area contributed by atoms with Crippen LogP contribution in [0.2, 0.25) is 0 Å². The number of hydrogen-bond donors (Lipinski definition) is 0. The Kier molecular flexibility index (Phi) is 9.81. The van der Waals surface area contributed by atoms with Crippen LogP contribution in [-0.4, -0.2) is 0 Å². The Morgan fingerprint density at radius 3 is 0.924 bits per heavy atom. The molecule has 1 nitrogen and oxygen atoms in total. The average Bonchev–Trinajstić information content (AvgIpc) is 3.38. The zero-order chi connectivity index (χ0) is 44.0. The monoisotopic (exact) mass is 839 g/mol. The van der Waals surface area contributed by atoms with Crippen LogP contribution in [0.5, 0.6) is 0 Å². The molecule has 66 heavy (non-hydrogen) atoms. The lowest BCUT2D eigenvalue weighted by Gasteiger charge is -2.27. The number of benzene rings is 12. The molecule has 0 radical (unpaired) electrons. The van der Waals surface area contributed by atoms with E-state index in [1.807, 2.05) is 0 Å². The van der Waals surface area contributed by atoms with E-state index in [1.54, 1.807) is 0 Å². The minimum absolute atomic E-state index is 1.10. The van der Waals surface area contributed by atoms with Crippen LogP contribution in [0.25, 0.3) is 98.7 Å². The van der Waals surface area contributed by atoms with Crippen molar-refractivity contribution >= 4 is 60.2 Å². The van der Waals surface area contributed by atoms with Crippen LogP contribution in [0.4, 0.5) is 17.1 Å². The van der Waals surface area contributed by atoms with Gasteiger partial charge in [0.1, 0.15) is 0 Å². The van der Waals surface area contributed by atoms with Crippen molar-refractivity contribution in [2.24, 2.45) is 0 Å². The molecule has 12 rings (SSSR count). The van der Waals surface area contributed by atoms with Crippen molar-refractivity contribution < 1.29 is 0 Å². The van der Waals surface area contributed by atoms with Crippen LogP contribution in [0.3, 0.4) is 0 Å². The van der Waals surface area contributed by atoms with E-state index in [0.717, 1.165) is 17.1 Å². The van der Waals surface area contributed by atoms with Gasteiger partial charge in [0.05, 0.1) is 0 Å². The highest BCUT2D eigenvalue weighted by Crippen LogP contribution is 2.48. The van der Waals surface area contributed by atoms with Gasteiger partial charge in [-0.15, -0.1) is 0 Å². The first-order chi connectivity index (χ1) is 32.7. The molecule has 0 spiro atoms. The van der Waals surface area contributed by atoms with Gasteiger partial charge in [0.2, 0.25) is 0 Å². The van der Waals surface area contributed by atoms with E-state index in [-0.39, 0.29) is 0 Å². The van der Waals surface area contributed by atoms with Gasteiger partial charge in [-0.2, -0.15) is 0 Å². The van der Waals surface area contributed by atoms with Crippen LogP contribution < -0.4 is 4.90 Å². The lowest BCUT2D eigenvalue weighted by molar-refractivity contribution is 1.28. The maximum Gasteiger partial charge on any atom is 0.0467 e. The van der Waals surface area contributed by atoms with Gasteiger partial charge in [-0.3, -0.25) is 0 Å². The van der Waals surface area contributed by atoms with Crippen molar-refractivity contribution in [2.75, 3.05) is 4.90 Å². The molecule has 0 aliphatic rings. The van der Waals surface area contributed by atoms with Crippen molar-refractivity contribution in [3.05, 3.63) is 260 Å². The Balaban J connectivity index is 1.04. The number of aryl methyl sites for hydroxylation is 1. The van der Waals surface area contributed by atoms with Crippen LogP contribution in [0.15, 0.2) is 255 Å². The topological polar surface area (TPSA) is 3.24 Å². The third-order valence-electron chi connectivity index (χ3n) is 13.2. The smallest absolute Gasteiger partial charge is 0.0467 e. The molecule has 0 unspecified atom stereocenters. The summed E-state index contributed by atoms with van der Waals surface area (Å²) in [5.74, 6) is 0. The molecule has 0 aromatic heterocycles. The summed E-state index contributed by atoms with van der Waals surface area (Å²) in [6.07, 6.45) is 0. The molecule has 0 aliphatic carbocycles. The molecular weight excluding hydrogens is 795 g/mol. The first-order valence-corrected chi connectivity index (χ1v) is 22.8. The third kappa shape index (κ3) is 6.81. The van der Waals surface area contributed by atoms with E-state index in [0.29, 0.717) is 0 Å². The van der Waals surface area contributed by atoms with E-state index >= 15 is 0 Å². The van der Waals surface area contributed by atoms with Crippen molar-refractivity contribution in [3.63, 3.8) is 0 Å².